The van der Waals surface area contributed by atoms with Gasteiger partial charge in [-0.15, -0.1) is 0 Å². The van der Waals surface area contributed by atoms with Crippen molar-refractivity contribution in [2.24, 2.45) is 0 Å². The summed E-state index contributed by atoms with van der Waals surface area (Å²) in [6.45, 7) is 2.49. The highest BCUT2D eigenvalue weighted by Crippen LogP contribution is 2.29. The van der Waals surface area contributed by atoms with E-state index in [2.05, 4.69) is 4.98 Å². The minimum absolute atomic E-state index is 0.0469. The van der Waals surface area contributed by atoms with Crippen LogP contribution in [-0.4, -0.2) is 28.2 Å². The van der Waals surface area contributed by atoms with Crippen LogP contribution >= 0.6 is 0 Å². The lowest BCUT2D eigenvalue weighted by Gasteiger charge is -2.11. The first-order chi connectivity index (χ1) is 11.3. The number of rotatable bonds is 6. The van der Waals surface area contributed by atoms with E-state index < -0.39 is 0 Å². The summed E-state index contributed by atoms with van der Waals surface area (Å²) in [4.78, 5) is 4.62. The second kappa shape index (κ2) is 6.71. The van der Waals surface area contributed by atoms with Crippen molar-refractivity contribution < 1.29 is 14.6 Å². The molecule has 2 heterocycles. The number of hydrogen-bond acceptors (Lipinski definition) is 4. The SMILES string of the molecule is CCOc1ccc(Cc2nc3ccccn3c2CO)cc1OC. The number of fused-ring (bicyclic) bond motifs is 1. The van der Waals surface area contributed by atoms with Crippen molar-refractivity contribution in [3.63, 3.8) is 0 Å². The standard InChI is InChI=1S/C18H20N2O3/c1-3-23-16-8-7-13(11-17(16)22-2)10-14-15(12-21)20-9-5-4-6-18(20)19-14/h4-9,11,21H,3,10,12H2,1-2H3. The first-order valence-electron chi connectivity index (χ1n) is 7.62. The van der Waals surface area contributed by atoms with Gasteiger partial charge in [-0.1, -0.05) is 12.1 Å². The van der Waals surface area contributed by atoms with Crippen molar-refractivity contribution >= 4 is 5.65 Å². The molecule has 0 aliphatic carbocycles. The summed E-state index contributed by atoms with van der Waals surface area (Å²) in [7, 11) is 1.63. The zero-order valence-corrected chi connectivity index (χ0v) is 13.3. The summed E-state index contributed by atoms with van der Waals surface area (Å²) in [6, 6.07) is 11.7. The van der Waals surface area contributed by atoms with E-state index >= 15 is 0 Å². The topological polar surface area (TPSA) is 56.0 Å². The summed E-state index contributed by atoms with van der Waals surface area (Å²) in [6.07, 6.45) is 2.54. The molecule has 5 nitrogen and oxygen atoms in total. The molecule has 0 fully saturated rings. The maximum atomic E-state index is 9.69. The van der Waals surface area contributed by atoms with E-state index in [0.717, 1.165) is 28.3 Å². The molecule has 5 heteroatoms. The van der Waals surface area contributed by atoms with Crippen LogP contribution < -0.4 is 9.47 Å². The number of methoxy groups -OCH3 is 1. The maximum Gasteiger partial charge on any atom is 0.161 e. The van der Waals surface area contributed by atoms with Crippen LogP contribution in [0, 0.1) is 0 Å². The molecule has 1 aromatic carbocycles. The summed E-state index contributed by atoms with van der Waals surface area (Å²) in [5, 5.41) is 9.69. The Labute approximate surface area is 135 Å². The van der Waals surface area contributed by atoms with Crippen molar-refractivity contribution in [2.45, 2.75) is 20.0 Å². The second-order valence-corrected chi connectivity index (χ2v) is 5.19. The van der Waals surface area contributed by atoms with Gasteiger partial charge in [0.05, 0.1) is 31.7 Å². The molecule has 0 radical (unpaired) electrons. The number of ether oxygens (including phenoxy) is 2. The van der Waals surface area contributed by atoms with Crippen LogP contribution in [0.2, 0.25) is 0 Å². The van der Waals surface area contributed by atoms with Crippen LogP contribution in [0.25, 0.3) is 5.65 Å². The molecule has 0 unspecified atom stereocenters. The fourth-order valence-corrected chi connectivity index (χ4v) is 2.69. The monoisotopic (exact) mass is 312 g/mol. The third-order valence-corrected chi connectivity index (χ3v) is 3.76. The number of aliphatic hydroxyl groups is 1. The number of imidazole rings is 1. The molecule has 0 aliphatic rings. The highest BCUT2D eigenvalue weighted by Gasteiger charge is 2.13. The Morgan fingerprint density at radius 2 is 2.04 bits per heavy atom. The fraction of sp³-hybridized carbons (Fsp3) is 0.278. The Morgan fingerprint density at radius 1 is 1.17 bits per heavy atom. The van der Waals surface area contributed by atoms with Crippen LogP contribution in [-0.2, 0) is 13.0 Å². The molecule has 0 saturated carbocycles. The van der Waals surface area contributed by atoms with Gasteiger partial charge in [0, 0.05) is 12.6 Å². The van der Waals surface area contributed by atoms with E-state index in [1.807, 2.05) is 53.9 Å². The van der Waals surface area contributed by atoms with E-state index in [1.54, 1.807) is 7.11 Å². The maximum absolute atomic E-state index is 9.69. The number of pyridine rings is 1. The highest BCUT2D eigenvalue weighted by molar-refractivity contribution is 5.47. The first kappa shape index (κ1) is 15.4. The van der Waals surface area contributed by atoms with Crippen molar-refractivity contribution in [3.05, 3.63) is 59.5 Å². The van der Waals surface area contributed by atoms with Crippen LogP contribution in [0.4, 0.5) is 0 Å². The van der Waals surface area contributed by atoms with Gasteiger partial charge in [0.25, 0.3) is 0 Å². The highest BCUT2D eigenvalue weighted by atomic mass is 16.5. The third kappa shape index (κ3) is 3.00. The molecule has 0 saturated heterocycles. The van der Waals surface area contributed by atoms with Crippen molar-refractivity contribution in [3.8, 4) is 11.5 Å². The molecule has 3 rings (SSSR count). The Morgan fingerprint density at radius 3 is 2.78 bits per heavy atom. The largest absolute Gasteiger partial charge is 0.493 e. The Hall–Kier alpha value is -2.53. The Kier molecular flexibility index (Phi) is 4.48. The predicted octanol–water partition coefficient (Wildman–Crippen LogP) is 2.82. The van der Waals surface area contributed by atoms with Gasteiger partial charge < -0.3 is 19.0 Å². The summed E-state index contributed by atoms with van der Waals surface area (Å²) >= 11 is 0. The molecule has 0 amide bonds. The molecule has 0 aliphatic heterocycles. The van der Waals surface area contributed by atoms with E-state index in [0.29, 0.717) is 18.8 Å². The van der Waals surface area contributed by atoms with Gasteiger partial charge >= 0.3 is 0 Å². The average molecular weight is 312 g/mol. The van der Waals surface area contributed by atoms with Gasteiger partial charge in [0.1, 0.15) is 5.65 Å². The normalized spacial score (nSPS) is 10.9. The minimum Gasteiger partial charge on any atom is -0.493 e. The number of hydrogen-bond donors (Lipinski definition) is 1. The number of nitrogens with zero attached hydrogens (tertiary/aromatic N) is 2. The van der Waals surface area contributed by atoms with E-state index in [1.165, 1.54) is 0 Å². The quantitative estimate of drug-likeness (QED) is 0.760. The molecule has 120 valence electrons. The lowest BCUT2D eigenvalue weighted by molar-refractivity contribution is 0.274. The summed E-state index contributed by atoms with van der Waals surface area (Å²) in [5.74, 6) is 1.44. The second-order valence-electron chi connectivity index (χ2n) is 5.19. The lowest BCUT2D eigenvalue weighted by atomic mass is 10.1. The Balaban J connectivity index is 1.95. The molecule has 0 bridgehead atoms. The first-order valence-corrected chi connectivity index (χ1v) is 7.62. The van der Waals surface area contributed by atoms with E-state index in [-0.39, 0.29) is 6.61 Å². The van der Waals surface area contributed by atoms with Gasteiger partial charge in [-0.25, -0.2) is 4.98 Å². The van der Waals surface area contributed by atoms with Gasteiger partial charge in [0.15, 0.2) is 11.5 Å². The molecule has 2 aromatic heterocycles. The predicted molar refractivity (Wildman–Crippen MR) is 88.1 cm³/mol. The van der Waals surface area contributed by atoms with E-state index in [9.17, 15) is 5.11 Å². The van der Waals surface area contributed by atoms with Crippen LogP contribution in [0.15, 0.2) is 42.6 Å². The summed E-state index contributed by atoms with van der Waals surface area (Å²) in [5.41, 5.74) is 3.58. The van der Waals surface area contributed by atoms with Crippen molar-refractivity contribution in [2.75, 3.05) is 13.7 Å². The van der Waals surface area contributed by atoms with Gasteiger partial charge in [-0.05, 0) is 36.8 Å². The third-order valence-electron chi connectivity index (χ3n) is 3.76. The summed E-state index contributed by atoms with van der Waals surface area (Å²) < 4.78 is 12.9. The number of aromatic nitrogens is 2. The smallest absolute Gasteiger partial charge is 0.161 e. The molecule has 23 heavy (non-hydrogen) atoms. The van der Waals surface area contributed by atoms with Crippen LogP contribution in [0.3, 0.4) is 0 Å². The van der Waals surface area contributed by atoms with Crippen molar-refractivity contribution in [1.82, 2.24) is 9.38 Å². The van der Waals surface area contributed by atoms with Crippen LogP contribution in [0.1, 0.15) is 23.9 Å². The van der Waals surface area contributed by atoms with Gasteiger partial charge in [0.2, 0.25) is 0 Å². The van der Waals surface area contributed by atoms with Crippen molar-refractivity contribution in [1.29, 1.82) is 0 Å². The van der Waals surface area contributed by atoms with Gasteiger partial charge in [-0.2, -0.15) is 0 Å². The zero-order chi connectivity index (χ0) is 16.2. The molecule has 0 atom stereocenters. The minimum atomic E-state index is -0.0469. The molecular weight excluding hydrogens is 292 g/mol. The Bertz CT molecular complexity index is 811. The lowest BCUT2D eigenvalue weighted by Crippen LogP contribution is -1.99. The number of benzene rings is 1. The van der Waals surface area contributed by atoms with Gasteiger partial charge in [-0.3, -0.25) is 0 Å². The molecule has 1 N–H and O–H groups in total. The zero-order valence-electron chi connectivity index (χ0n) is 13.3. The fourth-order valence-electron chi connectivity index (χ4n) is 2.69. The van der Waals surface area contributed by atoms with E-state index in [4.69, 9.17) is 9.47 Å². The molecule has 3 aromatic rings. The molecular formula is C18H20N2O3. The number of aliphatic hydroxyl groups excluding tert-OH is 1. The van der Waals surface area contributed by atoms with Crippen LogP contribution in [0.5, 0.6) is 11.5 Å². The molecule has 0 spiro atoms. The average Bonchev–Trinajstić information content (AvgIpc) is 2.93.